The van der Waals surface area contributed by atoms with Gasteiger partial charge in [0.05, 0.1) is 24.3 Å². The molecule has 1 heterocycles. The Morgan fingerprint density at radius 1 is 0.857 bits per heavy atom. The lowest BCUT2D eigenvalue weighted by Crippen LogP contribution is -2.06. The van der Waals surface area contributed by atoms with E-state index in [-0.39, 0.29) is 0 Å². The zero-order valence-electron chi connectivity index (χ0n) is 10.0. The van der Waals surface area contributed by atoms with Crippen molar-refractivity contribution in [3.05, 3.63) is 52.9 Å². The van der Waals surface area contributed by atoms with Crippen molar-refractivity contribution in [1.29, 1.82) is 5.26 Å². The van der Waals surface area contributed by atoms with Crippen LogP contribution in [0.15, 0.2) is 12.4 Å². The Morgan fingerprint density at radius 3 is 1.90 bits per heavy atom. The third-order valence-electron chi connectivity index (χ3n) is 2.74. The predicted octanol–water partition coefficient (Wildman–Crippen LogP) is 3.65. The Balaban J connectivity index is 2.87. The second-order valence-corrected chi connectivity index (χ2v) is 3.93. The molecule has 2 aromatic rings. The van der Waals surface area contributed by atoms with Crippen LogP contribution in [-0.2, 0) is 6.42 Å². The summed E-state index contributed by atoms with van der Waals surface area (Å²) in [5.74, 6) is -11.9. The molecule has 0 spiro atoms. The number of nitrogens with zero attached hydrogens (tertiary/aromatic N) is 2. The molecule has 0 amide bonds. The van der Waals surface area contributed by atoms with Crippen molar-refractivity contribution in [2.24, 2.45) is 0 Å². The number of rotatable bonds is 2. The zero-order chi connectivity index (χ0) is 15.7. The first-order chi connectivity index (χ1) is 9.90. The smallest absolute Gasteiger partial charge is 0.200 e. The zero-order valence-corrected chi connectivity index (χ0v) is 10.0. The molecule has 0 atom stereocenters. The molecule has 0 unspecified atom stereocenters. The second kappa shape index (κ2) is 5.44. The lowest BCUT2D eigenvalue weighted by atomic mass is 9.98. The normalized spacial score (nSPS) is 10.5. The Hall–Kier alpha value is -2.56. The minimum absolute atomic E-state index is 0.504. The molecule has 0 N–H and O–H groups in total. The van der Waals surface area contributed by atoms with Crippen molar-refractivity contribution >= 4 is 0 Å². The van der Waals surface area contributed by atoms with Crippen LogP contribution in [0.3, 0.4) is 0 Å². The van der Waals surface area contributed by atoms with Gasteiger partial charge in [-0.3, -0.25) is 4.98 Å². The van der Waals surface area contributed by atoms with Crippen LogP contribution in [0.4, 0.5) is 26.3 Å². The molecular weight excluding hydrogens is 298 g/mol. The van der Waals surface area contributed by atoms with E-state index in [4.69, 9.17) is 5.26 Å². The molecule has 21 heavy (non-hydrogen) atoms. The Kier molecular flexibility index (Phi) is 3.84. The summed E-state index contributed by atoms with van der Waals surface area (Å²) in [6, 6.07) is 1.54. The fourth-order valence-electron chi connectivity index (χ4n) is 1.78. The fraction of sp³-hybridized carbons (Fsp3) is 0.0769. The fourth-order valence-corrected chi connectivity index (χ4v) is 1.78. The standard InChI is InChI=1S/C13H4F6N2/c14-7-4-21-3-6(5(7)1-2-20)8-9(15)11(17)13(19)12(18)10(8)16/h3-4H,1H2. The highest BCUT2D eigenvalue weighted by Crippen LogP contribution is 2.33. The van der Waals surface area contributed by atoms with Gasteiger partial charge in [0, 0.05) is 17.3 Å². The minimum Gasteiger partial charge on any atom is -0.261 e. The molecule has 0 saturated carbocycles. The van der Waals surface area contributed by atoms with Gasteiger partial charge in [-0.2, -0.15) is 5.26 Å². The van der Waals surface area contributed by atoms with Gasteiger partial charge in [0.15, 0.2) is 23.3 Å². The SMILES string of the molecule is N#CCc1c(F)cncc1-c1c(F)c(F)c(F)c(F)c1F. The summed E-state index contributed by atoms with van der Waals surface area (Å²) >= 11 is 0. The summed E-state index contributed by atoms with van der Waals surface area (Å²) in [7, 11) is 0. The van der Waals surface area contributed by atoms with E-state index in [1.807, 2.05) is 0 Å². The van der Waals surface area contributed by atoms with Gasteiger partial charge in [-0.05, 0) is 0 Å². The number of hydrogen-bond donors (Lipinski definition) is 0. The van der Waals surface area contributed by atoms with Crippen LogP contribution in [0, 0.1) is 46.2 Å². The third-order valence-corrected chi connectivity index (χ3v) is 2.74. The first kappa shape index (κ1) is 14.8. The average molecular weight is 302 g/mol. The van der Waals surface area contributed by atoms with Gasteiger partial charge < -0.3 is 0 Å². The van der Waals surface area contributed by atoms with Crippen LogP contribution in [-0.4, -0.2) is 4.98 Å². The maximum Gasteiger partial charge on any atom is 0.200 e. The van der Waals surface area contributed by atoms with E-state index in [0.29, 0.717) is 6.20 Å². The van der Waals surface area contributed by atoms with Crippen LogP contribution in [0.5, 0.6) is 0 Å². The quantitative estimate of drug-likeness (QED) is 0.482. The Labute approximate surface area is 114 Å². The third kappa shape index (κ3) is 2.31. The summed E-state index contributed by atoms with van der Waals surface area (Å²) in [4.78, 5) is 3.31. The first-order valence-electron chi connectivity index (χ1n) is 5.41. The van der Waals surface area contributed by atoms with Crippen LogP contribution in [0.25, 0.3) is 11.1 Å². The molecule has 0 aliphatic carbocycles. The average Bonchev–Trinajstić information content (AvgIpc) is 2.46. The van der Waals surface area contributed by atoms with Gasteiger partial charge in [0.25, 0.3) is 0 Å². The highest BCUT2D eigenvalue weighted by Gasteiger charge is 2.28. The molecule has 0 aliphatic heterocycles. The van der Waals surface area contributed by atoms with Crippen LogP contribution < -0.4 is 0 Å². The van der Waals surface area contributed by atoms with Crippen molar-refractivity contribution in [1.82, 2.24) is 4.98 Å². The number of benzene rings is 1. The van der Waals surface area contributed by atoms with Gasteiger partial charge in [-0.1, -0.05) is 0 Å². The largest absolute Gasteiger partial charge is 0.261 e. The lowest BCUT2D eigenvalue weighted by molar-refractivity contribution is 0.381. The molecular formula is C13H4F6N2. The minimum atomic E-state index is -2.32. The number of halogens is 6. The number of hydrogen-bond acceptors (Lipinski definition) is 2. The van der Waals surface area contributed by atoms with Crippen LogP contribution in [0.2, 0.25) is 0 Å². The van der Waals surface area contributed by atoms with Crippen molar-refractivity contribution in [2.45, 2.75) is 6.42 Å². The number of aromatic nitrogens is 1. The molecule has 2 rings (SSSR count). The number of pyridine rings is 1. The van der Waals surface area contributed by atoms with E-state index in [2.05, 4.69) is 4.98 Å². The second-order valence-electron chi connectivity index (χ2n) is 3.93. The summed E-state index contributed by atoms with van der Waals surface area (Å²) in [6.45, 7) is 0. The molecule has 0 bridgehead atoms. The van der Waals surface area contributed by atoms with Crippen LogP contribution >= 0.6 is 0 Å². The Bertz CT molecular complexity index is 737. The number of nitriles is 1. The van der Waals surface area contributed by atoms with E-state index < -0.39 is 58.0 Å². The molecule has 8 heteroatoms. The maximum absolute atomic E-state index is 13.7. The summed E-state index contributed by atoms with van der Waals surface area (Å²) in [5.41, 5.74) is -2.48. The van der Waals surface area contributed by atoms with E-state index in [1.165, 1.54) is 0 Å². The van der Waals surface area contributed by atoms with Gasteiger partial charge in [0.1, 0.15) is 5.82 Å². The summed E-state index contributed by atoms with van der Waals surface area (Å²) < 4.78 is 80.2. The molecule has 0 saturated heterocycles. The molecule has 0 fully saturated rings. The highest BCUT2D eigenvalue weighted by molar-refractivity contribution is 5.68. The molecule has 2 nitrogen and oxygen atoms in total. The highest BCUT2D eigenvalue weighted by atomic mass is 19.2. The van der Waals surface area contributed by atoms with Gasteiger partial charge in [0.2, 0.25) is 5.82 Å². The summed E-state index contributed by atoms with van der Waals surface area (Å²) in [6.07, 6.45) is 0.777. The van der Waals surface area contributed by atoms with E-state index in [0.717, 1.165) is 6.20 Å². The van der Waals surface area contributed by atoms with Crippen molar-refractivity contribution in [3.63, 3.8) is 0 Å². The predicted molar refractivity (Wildman–Crippen MR) is 58.7 cm³/mol. The van der Waals surface area contributed by atoms with Gasteiger partial charge in [-0.25, -0.2) is 26.3 Å². The van der Waals surface area contributed by atoms with Gasteiger partial charge in [-0.15, -0.1) is 0 Å². The van der Waals surface area contributed by atoms with E-state index in [9.17, 15) is 26.3 Å². The molecule has 1 aromatic carbocycles. The molecule has 108 valence electrons. The molecule has 0 radical (unpaired) electrons. The van der Waals surface area contributed by atoms with E-state index in [1.54, 1.807) is 6.07 Å². The van der Waals surface area contributed by atoms with Crippen molar-refractivity contribution in [2.75, 3.05) is 0 Å². The van der Waals surface area contributed by atoms with Crippen molar-refractivity contribution < 1.29 is 26.3 Å². The lowest BCUT2D eigenvalue weighted by Gasteiger charge is -2.11. The Morgan fingerprint density at radius 2 is 1.38 bits per heavy atom. The van der Waals surface area contributed by atoms with Crippen molar-refractivity contribution in [3.8, 4) is 17.2 Å². The maximum atomic E-state index is 13.7. The molecule has 1 aromatic heterocycles. The van der Waals surface area contributed by atoms with Crippen LogP contribution in [0.1, 0.15) is 5.56 Å². The molecule has 0 aliphatic rings. The first-order valence-corrected chi connectivity index (χ1v) is 5.41. The van der Waals surface area contributed by atoms with E-state index >= 15 is 0 Å². The topological polar surface area (TPSA) is 36.7 Å². The monoisotopic (exact) mass is 302 g/mol. The summed E-state index contributed by atoms with van der Waals surface area (Å²) in [5, 5.41) is 8.57. The van der Waals surface area contributed by atoms with Gasteiger partial charge >= 0.3 is 0 Å².